The third-order valence-electron chi connectivity index (χ3n) is 11.8. The van der Waals surface area contributed by atoms with Gasteiger partial charge in [-0.25, -0.2) is 4.79 Å². The van der Waals surface area contributed by atoms with E-state index < -0.39 is 0 Å². The summed E-state index contributed by atoms with van der Waals surface area (Å²) in [4.78, 5) is 12.8. The van der Waals surface area contributed by atoms with E-state index in [1.165, 1.54) is 193 Å². The number of methoxy groups -OCH3 is 1. The molecule has 0 aliphatic carbocycles. The van der Waals surface area contributed by atoms with E-state index in [2.05, 4.69) is 46.9 Å². The first-order valence-electron chi connectivity index (χ1n) is 24.9. The number of rotatable bonds is 45. The summed E-state index contributed by atoms with van der Waals surface area (Å²) in [6.45, 7) is 15.3. The number of alkyl carbamates (subject to hydrolysis) is 1. The van der Waals surface area contributed by atoms with Gasteiger partial charge in [0.05, 0.1) is 24.4 Å². The Bertz CT molecular complexity index is 802. The molecule has 6 heteroatoms. The third kappa shape index (κ3) is 41.3. The maximum atomic E-state index is 12.8. The van der Waals surface area contributed by atoms with Crippen molar-refractivity contribution in [2.75, 3.05) is 33.5 Å². The van der Waals surface area contributed by atoms with Crippen molar-refractivity contribution in [2.24, 2.45) is 0 Å². The Morgan fingerprint density at radius 3 is 1.25 bits per heavy atom. The van der Waals surface area contributed by atoms with Crippen LogP contribution in [-0.2, 0) is 18.9 Å². The number of amides is 1. The molecule has 336 valence electrons. The smallest absolute Gasteiger partial charge is 0.407 e. The average molecular weight is 796 g/mol. The lowest BCUT2D eigenvalue weighted by Crippen LogP contribution is -2.36. The molecule has 1 amide bonds. The lowest BCUT2D eigenvalue weighted by molar-refractivity contribution is -0.0607. The molecule has 0 bridgehead atoms. The van der Waals surface area contributed by atoms with E-state index in [0.717, 1.165) is 38.7 Å². The van der Waals surface area contributed by atoms with Crippen LogP contribution in [0.5, 0.6) is 0 Å². The van der Waals surface area contributed by atoms with Gasteiger partial charge in [0.1, 0.15) is 6.10 Å². The van der Waals surface area contributed by atoms with Gasteiger partial charge in [-0.2, -0.15) is 0 Å². The van der Waals surface area contributed by atoms with E-state index in [-0.39, 0.29) is 23.4 Å². The van der Waals surface area contributed by atoms with Gasteiger partial charge >= 0.3 is 6.09 Å². The fourth-order valence-electron chi connectivity index (χ4n) is 7.47. The molecule has 1 N–H and O–H groups in total. The molecule has 0 heterocycles. The lowest BCUT2D eigenvalue weighted by Gasteiger charge is -2.29. The highest BCUT2D eigenvalue weighted by molar-refractivity contribution is 5.67. The van der Waals surface area contributed by atoms with E-state index in [1.54, 1.807) is 7.11 Å². The van der Waals surface area contributed by atoms with Crippen LogP contribution in [0.3, 0.4) is 0 Å². The minimum Gasteiger partial charge on any atom is -0.444 e. The van der Waals surface area contributed by atoms with Gasteiger partial charge in [-0.1, -0.05) is 206 Å². The second-order valence-corrected chi connectivity index (χ2v) is 18.5. The van der Waals surface area contributed by atoms with E-state index in [1.807, 2.05) is 0 Å². The van der Waals surface area contributed by atoms with Crippen molar-refractivity contribution in [1.29, 1.82) is 0 Å². The summed E-state index contributed by atoms with van der Waals surface area (Å²) in [5.74, 6) is 0. The van der Waals surface area contributed by atoms with Crippen molar-refractivity contribution in [3.63, 3.8) is 0 Å². The Hall–Kier alpha value is -0.850. The zero-order valence-corrected chi connectivity index (χ0v) is 39.2. The fraction of sp³-hybridized carbons (Fsp3) is 0.980. The largest absolute Gasteiger partial charge is 0.444 e. The zero-order valence-electron chi connectivity index (χ0n) is 39.2. The van der Waals surface area contributed by atoms with Gasteiger partial charge in [0, 0.05) is 20.3 Å². The summed E-state index contributed by atoms with van der Waals surface area (Å²) in [7, 11) is 1.74. The fourth-order valence-corrected chi connectivity index (χ4v) is 7.47. The van der Waals surface area contributed by atoms with Crippen LogP contribution < -0.4 is 5.32 Å². The summed E-state index contributed by atoms with van der Waals surface area (Å²) in [5.41, 5.74) is -0.534. The Labute approximate surface area is 351 Å². The number of nitrogens with one attached hydrogen (secondary N) is 1. The minimum atomic E-state index is -0.339. The number of ether oxygens (including phenoxy) is 4. The molecule has 6 nitrogen and oxygen atoms in total. The molecule has 0 spiro atoms. The van der Waals surface area contributed by atoms with Gasteiger partial charge in [0.15, 0.2) is 0 Å². The van der Waals surface area contributed by atoms with E-state index in [0.29, 0.717) is 19.8 Å². The van der Waals surface area contributed by atoms with Crippen molar-refractivity contribution in [2.45, 2.75) is 284 Å². The zero-order chi connectivity index (χ0) is 41.3. The number of carbonyl (C=O) groups excluding carboxylic acids is 1. The van der Waals surface area contributed by atoms with Gasteiger partial charge in [-0.3, -0.25) is 0 Å². The molecule has 0 aliphatic heterocycles. The SMILES string of the molecule is CCCCCCCCCCCCCCCCCCOCC(CCCCCCCCCCCCCCCCCC)OC(=O)NCCC(C)(C)OCCC(C)(C)OC. The molecular formula is C50H101NO5. The van der Waals surface area contributed by atoms with Crippen LogP contribution in [0.2, 0.25) is 0 Å². The number of hydrogen-bond acceptors (Lipinski definition) is 5. The van der Waals surface area contributed by atoms with Crippen molar-refractivity contribution >= 4 is 6.09 Å². The average Bonchev–Trinajstić information content (AvgIpc) is 3.16. The normalized spacial score (nSPS) is 12.7. The van der Waals surface area contributed by atoms with E-state index in [4.69, 9.17) is 18.9 Å². The summed E-state index contributed by atoms with van der Waals surface area (Å²) in [6, 6.07) is 0. The maximum absolute atomic E-state index is 12.8. The Morgan fingerprint density at radius 2 is 0.857 bits per heavy atom. The molecule has 1 unspecified atom stereocenters. The maximum Gasteiger partial charge on any atom is 0.407 e. The van der Waals surface area contributed by atoms with Crippen LogP contribution in [0.15, 0.2) is 0 Å². The van der Waals surface area contributed by atoms with Gasteiger partial charge in [-0.15, -0.1) is 0 Å². The predicted molar refractivity (Wildman–Crippen MR) is 243 cm³/mol. The summed E-state index contributed by atoms with van der Waals surface area (Å²) < 4.78 is 23.7. The van der Waals surface area contributed by atoms with Gasteiger partial charge in [0.2, 0.25) is 0 Å². The predicted octanol–water partition coefficient (Wildman–Crippen LogP) is 16.0. The van der Waals surface area contributed by atoms with Crippen LogP contribution in [0.25, 0.3) is 0 Å². The summed E-state index contributed by atoms with van der Waals surface area (Å²) in [5, 5.41) is 2.98. The van der Waals surface area contributed by atoms with Crippen LogP contribution in [-0.4, -0.2) is 56.9 Å². The molecular weight excluding hydrogens is 695 g/mol. The molecule has 0 rings (SSSR count). The van der Waals surface area contributed by atoms with Crippen molar-refractivity contribution < 1.29 is 23.7 Å². The van der Waals surface area contributed by atoms with Crippen LogP contribution in [0, 0.1) is 0 Å². The summed E-state index contributed by atoms with van der Waals surface area (Å²) in [6.07, 6.45) is 45.5. The molecule has 0 saturated heterocycles. The van der Waals surface area contributed by atoms with Crippen LogP contribution >= 0.6 is 0 Å². The van der Waals surface area contributed by atoms with Crippen molar-refractivity contribution in [3.8, 4) is 0 Å². The first kappa shape index (κ1) is 55.2. The number of hydrogen-bond donors (Lipinski definition) is 1. The molecule has 0 saturated carbocycles. The lowest BCUT2D eigenvalue weighted by atomic mass is 10.0. The van der Waals surface area contributed by atoms with Crippen molar-refractivity contribution in [3.05, 3.63) is 0 Å². The monoisotopic (exact) mass is 796 g/mol. The molecule has 0 radical (unpaired) electrons. The summed E-state index contributed by atoms with van der Waals surface area (Å²) >= 11 is 0. The first-order chi connectivity index (χ1) is 27.2. The molecule has 0 aliphatic rings. The van der Waals surface area contributed by atoms with Gasteiger partial charge in [-0.05, 0) is 59.8 Å². The quantitative estimate of drug-likeness (QED) is 0.0622. The number of unbranched alkanes of at least 4 members (excludes halogenated alkanes) is 30. The Morgan fingerprint density at radius 1 is 0.482 bits per heavy atom. The van der Waals surface area contributed by atoms with Crippen LogP contribution in [0.1, 0.15) is 266 Å². The first-order valence-corrected chi connectivity index (χ1v) is 24.9. The van der Waals surface area contributed by atoms with Gasteiger partial charge in [0.25, 0.3) is 0 Å². The molecule has 0 aromatic heterocycles. The topological polar surface area (TPSA) is 66.0 Å². The minimum absolute atomic E-state index is 0.191. The molecule has 0 fully saturated rings. The highest BCUT2D eigenvalue weighted by atomic mass is 16.6. The molecule has 56 heavy (non-hydrogen) atoms. The Balaban J connectivity index is 4.24. The highest BCUT2D eigenvalue weighted by Gasteiger charge is 2.22. The standard InChI is InChI=1S/C50H101NO5/c1-8-10-12-14-16-18-20-22-24-26-28-30-32-34-36-38-40-47(56-48(52)51-43-41-50(5,6)55-45-42-49(3,4)53-7)46-54-44-39-37-35-33-31-29-27-25-23-21-19-17-15-13-11-9-2/h47H,8-46H2,1-7H3,(H,51,52). The highest BCUT2D eigenvalue weighted by Crippen LogP contribution is 2.20. The van der Waals surface area contributed by atoms with Gasteiger partial charge < -0.3 is 24.3 Å². The van der Waals surface area contributed by atoms with E-state index >= 15 is 0 Å². The third-order valence-corrected chi connectivity index (χ3v) is 11.8. The molecule has 1 atom stereocenters. The molecule has 0 aromatic rings. The Kier molecular flexibility index (Phi) is 40.3. The second-order valence-electron chi connectivity index (χ2n) is 18.5. The second kappa shape index (κ2) is 40.9. The van der Waals surface area contributed by atoms with Crippen LogP contribution in [0.4, 0.5) is 4.79 Å². The number of carbonyl (C=O) groups is 1. The van der Waals surface area contributed by atoms with Crippen molar-refractivity contribution in [1.82, 2.24) is 5.32 Å². The molecule has 0 aromatic carbocycles. The van der Waals surface area contributed by atoms with E-state index in [9.17, 15) is 4.79 Å².